The van der Waals surface area contributed by atoms with Gasteiger partial charge in [0, 0.05) is 6.54 Å². The van der Waals surface area contributed by atoms with Crippen molar-refractivity contribution in [1.29, 1.82) is 0 Å². The van der Waals surface area contributed by atoms with E-state index in [1.165, 1.54) is 0 Å². The van der Waals surface area contributed by atoms with Gasteiger partial charge in [-0.1, -0.05) is 6.92 Å². The van der Waals surface area contributed by atoms with Crippen LogP contribution in [0.3, 0.4) is 0 Å². The number of carbonyl (C=O) groups excluding carboxylic acids is 1. The van der Waals surface area contributed by atoms with Gasteiger partial charge >= 0.3 is 0 Å². The lowest BCUT2D eigenvalue weighted by Crippen LogP contribution is -2.53. The zero-order chi connectivity index (χ0) is 11.4. The Kier molecular flexibility index (Phi) is 4.55. The summed E-state index contributed by atoms with van der Waals surface area (Å²) in [5, 5.41) is 11.8. The summed E-state index contributed by atoms with van der Waals surface area (Å²) in [4.78, 5) is 11.8. The molecule has 0 bridgehead atoms. The molecule has 0 aromatic rings. The average molecular weight is 202 g/mol. The third-order valence-corrected chi connectivity index (χ3v) is 2.63. The van der Waals surface area contributed by atoms with Crippen LogP contribution in [0.25, 0.3) is 0 Å². The molecule has 0 aliphatic carbocycles. The van der Waals surface area contributed by atoms with Gasteiger partial charge in [-0.2, -0.15) is 0 Å². The molecule has 0 saturated heterocycles. The minimum atomic E-state index is -0.581. The van der Waals surface area contributed by atoms with Crippen LogP contribution in [0.4, 0.5) is 0 Å². The number of nitrogens with two attached hydrogens (primary N) is 1. The van der Waals surface area contributed by atoms with Crippen molar-refractivity contribution in [2.24, 2.45) is 11.1 Å². The first-order valence-corrected chi connectivity index (χ1v) is 4.95. The van der Waals surface area contributed by atoms with Crippen molar-refractivity contribution in [3.8, 4) is 0 Å². The van der Waals surface area contributed by atoms with E-state index in [0.29, 0.717) is 13.0 Å². The van der Waals surface area contributed by atoms with E-state index in [0.717, 1.165) is 0 Å². The van der Waals surface area contributed by atoms with Crippen LogP contribution in [0, 0.1) is 5.41 Å². The first kappa shape index (κ1) is 13.4. The maximum Gasteiger partial charge on any atom is 0.227 e. The molecule has 0 aliphatic rings. The molecule has 4 N–H and O–H groups in total. The summed E-state index contributed by atoms with van der Waals surface area (Å²) in [6.07, 6.45) is 0.691. The number of aliphatic hydroxyl groups is 1. The van der Waals surface area contributed by atoms with Gasteiger partial charge in [0.05, 0.1) is 17.6 Å². The predicted molar refractivity (Wildman–Crippen MR) is 56.8 cm³/mol. The molecule has 4 nitrogen and oxygen atoms in total. The van der Waals surface area contributed by atoms with Gasteiger partial charge in [0.1, 0.15) is 0 Å². The summed E-state index contributed by atoms with van der Waals surface area (Å²) < 4.78 is 0. The molecule has 0 spiro atoms. The Morgan fingerprint density at radius 3 is 2.21 bits per heavy atom. The van der Waals surface area contributed by atoms with E-state index in [9.17, 15) is 4.79 Å². The van der Waals surface area contributed by atoms with Gasteiger partial charge in [-0.3, -0.25) is 4.79 Å². The van der Waals surface area contributed by atoms with Crippen LogP contribution in [-0.2, 0) is 4.79 Å². The van der Waals surface area contributed by atoms with Crippen LogP contribution in [0.2, 0.25) is 0 Å². The van der Waals surface area contributed by atoms with Gasteiger partial charge in [-0.25, -0.2) is 0 Å². The largest absolute Gasteiger partial charge is 0.394 e. The molecule has 1 amide bonds. The first-order chi connectivity index (χ1) is 6.31. The number of rotatable bonds is 5. The van der Waals surface area contributed by atoms with E-state index in [-0.39, 0.29) is 12.5 Å². The van der Waals surface area contributed by atoms with Gasteiger partial charge in [0.15, 0.2) is 0 Å². The van der Waals surface area contributed by atoms with Crippen molar-refractivity contribution in [3.63, 3.8) is 0 Å². The van der Waals surface area contributed by atoms with Gasteiger partial charge in [0.25, 0.3) is 0 Å². The molecule has 84 valence electrons. The fourth-order valence-corrected chi connectivity index (χ4v) is 0.895. The molecule has 0 aromatic heterocycles. The molecule has 0 fully saturated rings. The fraction of sp³-hybridized carbons (Fsp3) is 0.900. The molecule has 0 aromatic carbocycles. The van der Waals surface area contributed by atoms with Crippen molar-refractivity contribution in [2.75, 3.05) is 13.2 Å². The number of carbonyl (C=O) groups is 1. The fourth-order valence-electron chi connectivity index (χ4n) is 0.895. The Bertz CT molecular complexity index is 198. The predicted octanol–water partition coefficient (Wildman–Crippen LogP) is 0.249. The summed E-state index contributed by atoms with van der Waals surface area (Å²) in [5.41, 5.74) is 4.44. The van der Waals surface area contributed by atoms with E-state index in [1.807, 2.05) is 13.8 Å². The monoisotopic (exact) mass is 202 g/mol. The Morgan fingerprint density at radius 1 is 1.43 bits per heavy atom. The van der Waals surface area contributed by atoms with E-state index in [2.05, 4.69) is 5.32 Å². The summed E-state index contributed by atoms with van der Waals surface area (Å²) in [5.74, 6) is -0.0958. The molecular weight excluding hydrogens is 180 g/mol. The summed E-state index contributed by atoms with van der Waals surface area (Å²) in [6.45, 7) is 7.54. The van der Waals surface area contributed by atoms with E-state index in [4.69, 9.17) is 10.8 Å². The second-order valence-corrected chi connectivity index (χ2v) is 4.61. The Morgan fingerprint density at radius 2 is 1.93 bits per heavy atom. The molecule has 0 radical (unpaired) electrons. The van der Waals surface area contributed by atoms with Gasteiger partial charge < -0.3 is 16.2 Å². The molecule has 4 heteroatoms. The maximum absolute atomic E-state index is 11.8. The van der Waals surface area contributed by atoms with E-state index < -0.39 is 11.0 Å². The molecule has 0 aliphatic heterocycles. The molecule has 14 heavy (non-hydrogen) atoms. The highest BCUT2D eigenvalue weighted by Gasteiger charge is 2.32. The van der Waals surface area contributed by atoms with Gasteiger partial charge in [0.2, 0.25) is 5.91 Å². The van der Waals surface area contributed by atoms with Crippen LogP contribution in [0.5, 0.6) is 0 Å². The van der Waals surface area contributed by atoms with Crippen LogP contribution in [0.15, 0.2) is 0 Å². The Labute approximate surface area is 85.9 Å². The number of nitrogens with one attached hydrogen (secondary N) is 1. The molecule has 0 rings (SSSR count). The molecule has 0 heterocycles. The second-order valence-electron chi connectivity index (χ2n) is 4.61. The maximum atomic E-state index is 11.8. The number of hydrogen-bond donors (Lipinski definition) is 3. The van der Waals surface area contributed by atoms with Crippen molar-refractivity contribution in [1.82, 2.24) is 5.32 Å². The van der Waals surface area contributed by atoms with Gasteiger partial charge in [-0.05, 0) is 27.2 Å². The van der Waals surface area contributed by atoms with Crippen molar-refractivity contribution < 1.29 is 9.90 Å². The number of aliphatic hydroxyl groups excluding tert-OH is 1. The molecule has 1 atom stereocenters. The summed E-state index contributed by atoms with van der Waals surface area (Å²) in [7, 11) is 0. The van der Waals surface area contributed by atoms with Crippen molar-refractivity contribution >= 4 is 5.91 Å². The van der Waals surface area contributed by atoms with Crippen LogP contribution < -0.4 is 11.1 Å². The smallest absolute Gasteiger partial charge is 0.227 e. The highest BCUT2D eigenvalue weighted by molar-refractivity contribution is 5.83. The third-order valence-electron chi connectivity index (χ3n) is 2.63. The molecule has 1 unspecified atom stereocenters. The SMILES string of the molecule is CCC(C)(CN)C(=O)NC(C)(C)CO. The van der Waals surface area contributed by atoms with Crippen LogP contribution >= 0.6 is 0 Å². The first-order valence-electron chi connectivity index (χ1n) is 4.95. The average Bonchev–Trinajstić information content (AvgIpc) is 2.16. The lowest BCUT2D eigenvalue weighted by Gasteiger charge is -2.31. The minimum Gasteiger partial charge on any atom is -0.394 e. The lowest BCUT2D eigenvalue weighted by atomic mass is 9.85. The summed E-state index contributed by atoms with van der Waals surface area (Å²) >= 11 is 0. The van der Waals surface area contributed by atoms with Crippen LogP contribution in [0.1, 0.15) is 34.1 Å². The third kappa shape index (κ3) is 3.27. The van der Waals surface area contributed by atoms with Crippen LogP contribution in [-0.4, -0.2) is 29.7 Å². The standard InChI is InChI=1S/C10H22N2O2/c1-5-10(4,6-11)8(14)12-9(2,3)7-13/h13H,5-7,11H2,1-4H3,(H,12,14). The molecule has 0 saturated carbocycles. The lowest BCUT2D eigenvalue weighted by molar-refractivity contribution is -0.132. The second kappa shape index (κ2) is 4.75. The number of amides is 1. The van der Waals surface area contributed by atoms with Gasteiger partial charge in [-0.15, -0.1) is 0 Å². The zero-order valence-electron chi connectivity index (χ0n) is 9.55. The minimum absolute atomic E-state index is 0.0803. The Balaban J connectivity index is 4.48. The molecular formula is C10H22N2O2. The Hall–Kier alpha value is -0.610. The van der Waals surface area contributed by atoms with E-state index in [1.54, 1.807) is 13.8 Å². The topological polar surface area (TPSA) is 75.4 Å². The highest BCUT2D eigenvalue weighted by Crippen LogP contribution is 2.20. The van der Waals surface area contributed by atoms with E-state index >= 15 is 0 Å². The van der Waals surface area contributed by atoms with Crippen molar-refractivity contribution in [2.45, 2.75) is 39.7 Å². The number of hydrogen-bond acceptors (Lipinski definition) is 3. The van der Waals surface area contributed by atoms with Crippen molar-refractivity contribution in [3.05, 3.63) is 0 Å². The summed E-state index contributed by atoms with van der Waals surface area (Å²) in [6, 6.07) is 0. The quantitative estimate of drug-likeness (QED) is 0.598. The normalized spacial score (nSPS) is 16.1. The zero-order valence-corrected chi connectivity index (χ0v) is 9.55. The highest BCUT2D eigenvalue weighted by atomic mass is 16.3.